The number of nitrogens with zero attached hydrogens (tertiary/aromatic N) is 4. The molecule has 0 aliphatic heterocycles. The third-order valence-electron chi connectivity index (χ3n) is 9.12. The number of thiophene rings is 1. The zero-order chi connectivity index (χ0) is 33.0. The van der Waals surface area contributed by atoms with Crippen LogP contribution in [0.25, 0.3) is 98.8 Å². The molecule has 0 bridgehead atoms. The fraction of sp³-hybridized carbons (Fsp3) is 0. The van der Waals surface area contributed by atoms with Crippen LogP contribution in [0.15, 0.2) is 162 Å². The van der Waals surface area contributed by atoms with Crippen molar-refractivity contribution in [2.45, 2.75) is 0 Å². The van der Waals surface area contributed by atoms with Crippen LogP contribution in [0.5, 0.6) is 0 Å². The lowest BCUT2D eigenvalue weighted by Crippen LogP contribution is -1.96. The predicted molar refractivity (Wildman–Crippen MR) is 205 cm³/mol. The molecule has 0 aliphatic carbocycles. The van der Waals surface area contributed by atoms with Crippen molar-refractivity contribution >= 4 is 53.6 Å². The first-order valence-electron chi connectivity index (χ1n) is 16.5. The Labute approximate surface area is 291 Å². The third-order valence-corrected chi connectivity index (χ3v) is 10.3. The molecule has 234 valence electrons. The quantitative estimate of drug-likeness (QED) is 0.184. The van der Waals surface area contributed by atoms with Crippen LogP contribution in [0.2, 0.25) is 0 Å². The molecule has 10 rings (SSSR count). The highest BCUT2D eigenvalue weighted by Crippen LogP contribution is 2.42. The molecule has 50 heavy (non-hydrogen) atoms. The molecule has 0 aliphatic rings. The van der Waals surface area contributed by atoms with Crippen LogP contribution < -0.4 is 0 Å². The zero-order valence-corrected chi connectivity index (χ0v) is 27.4. The van der Waals surface area contributed by atoms with Gasteiger partial charge in [0, 0.05) is 53.4 Å². The molecular weight excluding hydrogens is 633 g/mol. The minimum Gasteiger partial charge on any atom is -0.452 e. The molecule has 0 saturated carbocycles. The first-order chi connectivity index (χ1) is 24.8. The SMILES string of the molecule is c1ccc(-c2cc(-c3cccc4sc5ccc(-c6nc(-c7ccccc7)c7oc8ccccc8c7n6)cc5c34)nc(-c3ccccc3)n2)cc1. The van der Waals surface area contributed by atoms with Crippen LogP contribution >= 0.6 is 11.3 Å². The van der Waals surface area contributed by atoms with Crippen LogP contribution in [0, 0.1) is 0 Å². The number of hydrogen-bond donors (Lipinski definition) is 0. The Morgan fingerprint density at radius 1 is 0.440 bits per heavy atom. The Hall–Kier alpha value is -6.50. The molecule has 0 saturated heterocycles. The first-order valence-corrected chi connectivity index (χ1v) is 17.3. The van der Waals surface area contributed by atoms with Crippen molar-refractivity contribution in [3.8, 4) is 56.5 Å². The van der Waals surface area contributed by atoms with E-state index in [1.807, 2.05) is 72.8 Å². The van der Waals surface area contributed by atoms with Gasteiger partial charge in [-0.25, -0.2) is 19.9 Å². The lowest BCUT2D eigenvalue weighted by molar-refractivity contribution is 0.667. The van der Waals surface area contributed by atoms with Gasteiger partial charge in [-0.05, 0) is 42.5 Å². The molecule has 6 heteroatoms. The van der Waals surface area contributed by atoms with Crippen molar-refractivity contribution in [1.82, 2.24) is 19.9 Å². The fourth-order valence-electron chi connectivity index (χ4n) is 6.75. The number of para-hydroxylation sites is 1. The van der Waals surface area contributed by atoms with Gasteiger partial charge in [0.15, 0.2) is 17.2 Å². The maximum Gasteiger partial charge on any atom is 0.180 e. The van der Waals surface area contributed by atoms with Crippen molar-refractivity contribution < 1.29 is 4.42 Å². The summed E-state index contributed by atoms with van der Waals surface area (Å²) < 4.78 is 8.74. The molecule has 5 nitrogen and oxygen atoms in total. The van der Waals surface area contributed by atoms with Gasteiger partial charge in [-0.15, -0.1) is 11.3 Å². The number of rotatable bonds is 5. The van der Waals surface area contributed by atoms with E-state index >= 15 is 0 Å². The van der Waals surface area contributed by atoms with Crippen LogP contribution in [0.3, 0.4) is 0 Å². The van der Waals surface area contributed by atoms with E-state index in [2.05, 4.69) is 84.9 Å². The van der Waals surface area contributed by atoms with Gasteiger partial charge in [0.2, 0.25) is 0 Å². The van der Waals surface area contributed by atoms with Gasteiger partial charge in [0.05, 0.1) is 11.4 Å². The summed E-state index contributed by atoms with van der Waals surface area (Å²) in [6.45, 7) is 0. The zero-order valence-electron chi connectivity index (χ0n) is 26.6. The van der Waals surface area contributed by atoms with Crippen molar-refractivity contribution in [2.75, 3.05) is 0 Å². The van der Waals surface area contributed by atoms with E-state index < -0.39 is 0 Å². The summed E-state index contributed by atoms with van der Waals surface area (Å²) in [6, 6.07) is 53.9. The standard InChI is InChI=1S/C44H26N4OS/c1-4-13-27(14-5-1)34-26-35(46-43(45-34)29-17-8-3-9-18-29)31-20-12-22-38-39(31)33-25-30(23-24-37(33)50-38)44-47-40(28-15-6-2-7-16-28)42-41(48-44)32-19-10-11-21-36(32)49-42/h1-26H. The van der Waals surface area contributed by atoms with Gasteiger partial charge in [-0.3, -0.25) is 0 Å². The van der Waals surface area contributed by atoms with E-state index in [4.69, 9.17) is 24.4 Å². The molecule has 0 fully saturated rings. The number of furan rings is 1. The highest BCUT2D eigenvalue weighted by atomic mass is 32.1. The Morgan fingerprint density at radius 2 is 1.12 bits per heavy atom. The second-order valence-corrected chi connectivity index (χ2v) is 13.3. The van der Waals surface area contributed by atoms with E-state index in [1.54, 1.807) is 11.3 Å². The van der Waals surface area contributed by atoms with E-state index in [-0.39, 0.29) is 0 Å². The average Bonchev–Trinajstić information content (AvgIpc) is 3.76. The Kier molecular flexibility index (Phi) is 6.60. The third kappa shape index (κ3) is 4.77. The molecule has 10 aromatic rings. The lowest BCUT2D eigenvalue weighted by Gasteiger charge is -2.11. The van der Waals surface area contributed by atoms with E-state index in [0.29, 0.717) is 17.2 Å². The largest absolute Gasteiger partial charge is 0.452 e. The monoisotopic (exact) mass is 658 g/mol. The smallest absolute Gasteiger partial charge is 0.180 e. The number of aromatic nitrogens is 4. The van der Waals surface area contributed by atoms with Gasteiger partial charge in [0.25, 0.3) is 0 Å². The van der Waals surface area contributed by atoms with Crippen LogP contribution in [-0.2, 0) is 0 Å². The summed E-state index contributed by atoms with van der Waals surface area (Å²) in [7, 11) is 0. The summed E-state index contributed by atoms with van der Waals surface area (Å²) in [4.78, 5) is 20.5. The highest BCUT2D eigenvalue weighted by Gasteiger charge is 2.20. The molecule has 4 aromatic heterocycles. The number of benzene rings is 6. The van der Waals surface area contributed by atoms with Crippen molar-refractivity contribution in [1.29, 1.82) is 0 Å². The van der Waals surface area contributed by atoms with E-state index in [1.165, 1.54) is 9.40 Å². The molecule has 0 radical (unpaired) electrons. The van der Waals surface area contributed by atoms with Crippen molar-refractivity contribution in [3.05, 3.63) is 158 Å². The van der Waals surface area contributed by atoms with Gasteiger partial charge >= 0.3 is 0 Å². The van der Waals surface area contributed by atoms with Crippen LogP contribution in [-0.4, -0.2) is 19.9 Å². The summed E-state index contributed by atoms with van der Waals surface area (Å²) >= 11 is 1.78. The van der Waals surface area contributed by atoms with Gasteiger partial charge < -0.3 is 4.42 Å². The Bertz CT molecular complexity index is 2810. The minimum absolute atomic E-state index is 0.654. The summed E-state index contributed by atoms with van der Waals surface area (Å²) in [5, 5.41) is 3.27. The summed E-state index contributed by atoms with van der Waals surface area (Å²) in [5.74, 6) is 1.35. The van der Waals surface area contributed by atoms with Gasteiger partial charge in [-0.1, -0.05) is 115 Å². The first kappa shape index (κ1) is 28.5. The lowest BCUT2D eigenvalue weighted by atomic mass is 10.0. The molecular formula is C44H26N4OS. The fourth-order valence-corrected chi connectivity index (χ4v) is 7.86. The molecule has 6 aromatic carbocycles. The molecule has 0 atom stereocenters. The molecule has 0 amide bonds. The number of fused-ring (bicyclic) bond motifs is 6. The molecule has 0 spiro atoms. The maximum atomic E-state index is 6.36. The van der Waals surface area contributed by atoms with Gasteiger partial charge in [0.1, 0.15) is 16.8 Å². The second-order valence-electron chi connectivity index (χ2n) is 12.2. The Balaban J connectivity index is 1.20. The normalized spacial score (nSPS) is 11.6. The predicted octanol–water partition coefficient (Wildman–Crippen LogP) is 11.9. The van der Waals surface area contributed by atoms with E-state index in [9.17, 15) is 0 Å². The minimum atomic E-state index is 0.654. The Morgan fingerprint density at radius 3 is 1.92 bits per heavy atom. The highest BCUT2D eigenvalue weighted by molar-refractivity contribution is 7.26. The van der Waals surface area contributed by atoms with Crippen LogP contribution in [0.4, 0.5) is 0 Å². The van der Waals surface area contributed by atoms with Gasteiger partial charge in [-0.2, -0.15) is 0 Å². The summed E-state index contributed by atoms with van der Waals surface area (Å²) in [5.41, 5.74) is 9.84. The number of hydrogen-bond acceptors (Lipinski definition) is 6. The van der Waals surface area contributed by atoms with Crippen molar-refractivity contribution in [3.63, 3.8) is 0 Å². The average molecular weight is 659 g/mol. The summed E-state index contributed by atoms with van der Waals surface area (Å²) in [6.07, 6.45) is 0. The molecule has 0 N–H and O–H groups in total. The molecule has 4 heterocycles. The van der Waals surface area contributed by atoms with Crippen molar-refractivity contribution in [2.24, 2.45) is 0 Å². The second kappa shape index (κ2) is 11.6. The molecule has 0 unspecified atom stereocenters. The topological polar surface area (TPSA) is 64.7 Å². The maximum absolute atomic E-state index is 6.36. The van der Waals surface area contributed by atoms with E-state index in [0.717, 1.165) is 72.2 Å². The van der Waals surface area contributed by atoms with Crippen LogP contribution in [0.1, 0.15) is 0 Å².